The Hall–Kier alpha value is -1.54. The van der Waals surface area contributed by atoms with Gasteiger partial charge in [-0.15, -0.1) is 24.5 Å². The minimum atomic E-state index is -4.71. The minimum Gasteiger partial charge on any atom is -0.406 e. The van der Waals surface area contributed by atoms with Crippen LogP contribution in [0.15, 0.2) is 40.2 Å². The summed E-state index contributed by atoms with van der Waals surface area (Å²) in [6.45, 7) is 0.348. The summed E-state index contributed by atoms with van der Waals surface area (Å²) in [5, 5.41) is 4.64. The van der Waals surface area contributed by atoms with Gasteiger partial charge >= 0.3 is 6.36 Å². The van der Waals surface area contributed by atoms with E-state index in [4.69, 9.17) is 0 Å². The molecular weight excluding hydrogens is 395 g/mol. The van der Waals surface area contributed by atoms with E-state index in [1.54, 1.807) is 6.07 Å². The van der Waals surface area contributed by atoms with Crippen LogP contribution in [0.4, 0.5) is 13.2 Å². The van der Waals surface area contributed by atoms with E-state index in [1.807, 2.05) is 11.4 Å². The third-order valence-electron chi connectivity index (χ3n) is 2.82. The zero-order valence-corrected chi connectivity index (χ0v) is 14.2. The van der Waals surface area contributed by atoms with Crippen molar-refractivity contribution < 1.29 is 22.7 Å². The first-order valence-corrected chi connectivity index (χ1v) is 8.33. The molecule has 0 fully saturated rings. The number of amides is 1. The van der Waals surface area contributed by atoms with E-state index in [0.29, 0.717) is 18.5 Å². The third-order valence-corrected chi connectivity index (χ3v) is 4.52. The smallest absolute Gasteiger partial charge is 0.406 e. The van der Waals surface area contributed by atoms with Crippen LogP contribution in [0.2, 0.25) is 0 Å². The Bertz CT molecular complexity index is 673. The molecule has 2 aromatic rings. The number of halogens is 4. The molecule has 23 heavy (non-hydrogen) atoms. The molecular formula is C15H13BrF3NO2S. The molecule has 3 nitrogen and oxygen atoms in total. The van der Waals surface area contributed by atoms with Crippen molar-refractivity contribution >= 4 is 33.2 Å². The third kappa shape index (κ3) is 6.62. The molecule has 1 N–H and O–H groups in total. The topological polar surface area (TPSA) is 38.3 Å². The first kappa shape index (κ1) is 17.8. The number of carbonyl (C=O) groups is 1. The second kappa shape index (κ2) is 7.83. The number of hydrogen-bond donors (Lipinski definition) is 1. The molecule has 0 aliphatic heterocycles. The predicted molar refractivity (Wildman–Crippen MR) is 85.6 cm³/mol. The van der Waals surface area contributed by atoms with Crippen LogP contribution in [0.25, 0.3) is 0 Å². The zero-order chi connectivity index (χ0) is 16.9. The van der Waals surface area contributed by atoms with Crippen LogP contribution in [0.3, 0.4) is 0 Å². The van der Waals surface area contributed by atoms with Crippen molar-refractivity contribution in [1.29, 1.82) is 0 Å². The fourth-order valence-electron chi connectivity index (χ4n) is 1.91. The number of hydrogen-bond acceptors (Lipinski definition) is 3. The second-order valence-corrected chi connectivity index (χ2v) is 6.61. The molecule has 1 heterocycles. The Morgan fingerprint density at radius 1 is 1.30 bits per heavy atom. The number of alkyl halides is 3. The monoisotopic (exact) mass is 407 g/mol. The average molecular weight is 408 g/mol. The van der Waals surface area contributed by atoms with Crippen LogP contribution in [0.1, 0.15) is 10.4 Å². The molecule has 0 unspecified atom stereocenters. The fourth-order valence-corrected chi connectivity index (χ4v) is 3.36. The van der Waals surface area contributed by atoms with Crippen molar-refractivity contribution in [3.05, 3.63) is 50.6 Å². The largest absolute Gasteiger partial charge is 0.573 e. The number of benzene rings is 1. The summed E-state index contributed by atoms with van der Waals surface area (Å²) in [5.74, 6) is -0.383. The van der Waals surface area contributed by atoms with Crippen molar-refractivity contribution in [2.45, 2.75) is 19.2 Å². The molecule has 0 spiro atoms. The quantitative estimate of drug-likeness (QED) is 0.774. The summed E-state index contributed by atoms with van der Waals surface area (Å²) < 4.78 is 41.3. The van der Waals surface area contributed by atoms with Gasteiger partial charge in [-0.05, 0) is 46.1 Å². The van der Waals surface area contributed by atoms with Gasteiger partial charge < -0.3 is 10.1 Å². The highest BCUT2D eigenvalue weighted by molar-refractivity contribution is 9.10. The number of thiophene rings is 1. The van der Waals surface area contributed by atoms with E-state index >= 15 is 0 Å². The van der Waals surface area contributed by atoms with Crippen LogP contribution < -0.4 is 10.1 Å². The molecule has 1 aromatic heterocycles. The Labute approximate surface area is 143 Å². The molecule has 0 radical (unpaired) electrons. The van der Waals surface area contributed by atoms with Crippen LogP contribution in [-0.4, -0.2) is 18.8 Å². The number of carbonyl (C=O) groups excluding carboxylic acids is 1. The molecule has 0 saturated heterocycles. The van der Waals surface area contributed by atoms with E-state index in [1.165, 1.54) is 29.5 Å². The summed E-state index contributed by atoms with van der Waals surface area (Å²) in [5.41, 5.74) is 0.658. The maximum atomic E-state index is 12.2. The van der Waals surface area contributed by atoms with Gasteiger partial charge in [0.1, 0.15) is 5.75 Å². The van der Waals surface area contributed by atoms with Crippen LogP contribution in [0, 0.1) is 0 Å². The van der Waals surface area contributed by atoms with Gasteiger partial charge in [0.15, 0.2) is 0 Å². The highest BCUT2D eigenvalue weighted by atomic mass is 79.9. The van der Waals surface area contributed by atoms with Crippen molar-refractivity contribution in [1.82, 2.24) is 5.32 Å². The standard InChI is InChI=1S/C15H13BrF3NO2S/c16-11-7-13(23-9-11)8-14(21)20-5-4-10-2-1-3-12(6-10)22-15(17,18)19/h1-3,6-7,9H,4-5,8H2,(H,20,21). The highest BCUT2D eigenvalue weighted by Crippen LogP contribution is 2.23. The van der Waals surface area contributed by atoms with Gasteiger partial charge in [-0.25, -0.2) is 0 Å². The van der Waals surface area contributed by atoms with Crippen molar-refractivity contribution in [3.8, 4) is 5.75 Å². The van der Waals surface area contributed by atoms with Crippen molar-refractivity contribution in [3.63, 3.8) is 0 Å². The molecule has 0 aliphatic rings. The lowest BCUT2D eigenvalue weighted by molar-refractivity contribution is -0.274. The summed E-state index contributed by atoms with van der Waals surface area (Å²) in [6.07, 6.45) is -4.00. The van der Waals surface area contributed by atoms with Gasteiger partial charge in [-0.2, -0.15) is 0 Å². The lowest BCUT2D eigenvalue weighted by atomic mass is 10.1. The second-order valence-electron chi connectivity index (χ2n) is 4.70. The number of nitrogens with one attached hydrogen (secondary N) is 1. The number of ether oxygens (including phenoxy) is 1. The number of rotatable bonds is 6. The van der Waals surface area contributed by atoms with Gasteiger partial charge in [0.2, 0.25) is 5.91 Å². The summed E-state index contributed by atoms with van der Waals surface area (Å²) in [7, 11) is 0. The highest BCUT2D eigenvalue weighted by Gasteiger charge is 2.31. The maximum absolute atomic E-state index is 12.2. The molecule has 1 amide bonds. The summed E-state index contributed by atoms with van der Waals surface area (Å²) in [4.78, 5) is 12.7. The molecule has 0 saturated carbocycles. The van der Waals surface area contributed by atoms with Crippen molar-refractivity contribution in [2.24, 2.45) is 0 Å². The van der Waals surface area contributed by atoms with Gasteiger partial charge in [-0.3, -0.25) is 4.79 Å². The molecule has 8 heteroatoms. The SMILES string of the molecule is O=C(Cc1cc(Br)cs1)NCCc1cccc(OC(F)(F)F)c1. The Kier molecular flexibility index (Phi) is 6.06. The minimum absolute atomic E-state index is 0.123. The Morgan fingerprint density at radius 3 is 2.74 bits per heavy atom. The first-order valence-electron chi connectivity index (χ1n) is 6.66. The van der Waals surface area contributed by atoms with Gasteiger partial charge in [0, 0.05) is 21.3 Å². The molecule has 124 valence electrons. The van der Waals surface area contributed by atoms with Crippen LogP contribution in [-0.2, 0) is 17.6 Å². The van der Waals surface area contributed by atoms with E-state index in [-0.39, 0.29) is 18.1 Å². The predicted octanol–water partition coefficient (Wildman–Crippen LogP) is 4.31. The van der Waals surface area contributed by atoms with E-state index in [9.17, 15) is 18.0 Å². The van der Waals surface area contributed by atoms with Crippen molar-refractivity contribution in [2.75, 3.05) is 6.54 Å². The molecule has 0 bridgehead atoms. The van der Waals surface area contributed by atoms with Crippen LogP contribution in [0.5, 0.6) is 5.75 Å². The molecule has 0 aliphatic carbocycles. The van der Waals surface area contributed by atoms with E-state index in [0.717, 1.165) is 9.35 Å². The molecule has 0 atom stereocenters. The summed E-state index contributed by atoms with van der Waals surface area (Å²) >= 11 is 4.80. The van der Waals surface area contributed by atoms with Gasteiger partial charge in [0.25, 0.3) is 0 Å². The normalized spacial score (nSPS) is 11.3. The zero-order valence-electron chi connectivity index (χ0n) is 11.8. The van der Waals surface area contributed by atoms with E-state index in [2.05, 4.69) is 26.0 Å². The van der Waals surface area contributed by atoms with Gasteiger partial charge in [-0.1, -0.05) is 12.1 Å². The Balaban J connectivity index is 1.79. The Morgan fingerprint density at radius 2 is 2.09 bits per heavy atom. The van der Waals surface area contributed by atoms with Crippen LogP contribution >= 0.6 is 27.3 Å². The lowest BCUT2D eigenvalue weighted by Gasteiger charge is -2.10. The van der Waals surface area contributed by atoms with E-state index < -0.39 is 6.36 Å². The summed E-state index contributed by atoms with van der Waals surface area (Å²) in [6, 6.07) is 7.61. The molecule has 2 rings (SSSR count). The average Bonchev–Trinajstić information content (AvgIpc) is 2.82. The fraction of sp³-hybridized carbons (Fsp3) is 0.267. The van der Waals surface area contributed by atoms with Gasteiger partial charge in [0.05, 0.1) is 6.42 Å². The molecule has 1 aromatic carbocycles. The first-order chi connectivity index (χ1) is 10.8. The maximum Gasteiger partial charge on any atom is 0.573 e. The lowest BCUT2D eigenvalue weighted by Crippen LogP contribution is -2.27.